The number of carbonyl (C=O) groups is 1. The fourth-order valence-electron chi connectivity index (χ4n) is 1.03. The highest BCUT2D eigenvalue weighted by Gasteiger charge is 2.04. The van der Waals surface area contributed by atoms with Crippen molar-refractivity contribution < 1.29 is 14.6 Å². The highest BCUT2D eigenvalue weighted by atomic mass is 35.5. The van der Waals surface area contributed by atoms with Gasteiger partial charge in [0.1, 0.15) is 5.75 Å². The lowest BCUT2D eigenvalue weighted by atomic mass is 10.2. The molecule has 86 valence electrons. The van der Waals surface area contributed by atoms with Crippen LogP contribution in [0, 0.1) is 0 Å². The van der Waals surface area contributed by atoms with Crippen LogP contribution in [0.4, 0.5) is 0 Å². The summed E-state index contributed by atoms with van der Waals surface area (Å²) in [7, 11) is 0. The summed E-state index contributed by atoms with van der Waals surface area (Å²) in [5.74, 6) is -0.553. The van der Waals surface area contributed by atoms with Crippen molar-refractivity contribution in [3.05, 3.63) is 33.8 Å². The molecule has 0 bridgehead atoms. The summed E-state index contributed by atoms with van der Waals surface area (Å²) in [6.45, 7) is 2.03. The largest absolute Gasteiger partial charge is 0.506 e. The van der Waals surface area contributed by atoms with Crippen LogP contribution in [0.2, 0.25) is 10.0 Å². The van der Waals surface area contributed by atoms with Gasteiger partial charge in [-0.15, -0.1) is 0 Å². The number of ether oxygens (including phenoxy) is 1. The number of halogens is 2. The lowest BCUT2D eigenvalue weighted by Crippen LogP contribution is -1.98. The van der Waals surface area contributed by atoms with Gasteiger partial charge < -0.3 is 9.84 Å². The van der Waals surface area contributed by atoms with Gasteiger partial charge in [0.2, 0.25) is 0 Å². The number of benzene rings is 1. The number of rotatable bonds is 3. The van der Waals surface area contributed by atoms with Crippen LogP contribution < -0.4 is 0 Å². The summed E-state index contributed by atoms with van der Waals surface area (Å²) >= 11 is 11.5. The summed E-state index contributed by atoms with van der Waals surface area (Å²) in [4.78, 5) is 11.0. The first-order valence-electron chi connectivity index (χ1n) is 4.57. The molecular formula is C11H10Cl2O3. The molecule has 1 N–H and O–H groups in total. The molecule has 0 spiro atoms. The molecule has 0 amide bonds. The highest BCUT2D eigenvalue weighted by molar-refractivity contribution is 6.35. The van der Waals surface area contributed by atoms with Gasteiger partial charge in [-0.1, -0.05) is 23.2 Å². The third-order valence-corrected chi connectivity index (χ3v) is 2.38. The van der Waals surface area contributed by atoms with Crippen molar-refractivity contribution >= 4 is 35.2 Å². The van der Waals surface area contributed by atoms with Crippen LogP contribution >= 0.6 is 23.2 Å². The quantitative estimate of drug-likeness (QED) is 0.670. The number of carbonyl (C=O) groups excluding carboxylic acids is 1. The van der Waals surface area contributed by atoms with Crippen molar-refractivity contribution in [1.82, 2.24) is 0 Å². The first kappa shape index (κ1) is 12.9. The number of phenols is 1. The molecule has 5 heteroatoms. The molecule has 0 saturated carbocycles. The molecule has 1 aromatic carbocycles. The molecule has 0 atom stereocenters. The van der Waals surface area contributed by atoms with E-state index >= 15 is 0 Å². The SMILES string of the molecule is CCOC(=O)C=Cc1cc(Cl)c(O)cc1Cl. The van der Waals surface area contributed by atoms with Crippen LogP contribution in [0.25, 0.3) is 6.08 Å². The molecule has 0 aromatic heterocycles. The van der Waals surface area contributed by atoms with Gasteiger partial charge >= 0.3 is 5.97 Å². The first-order chi connectivity index (χ1) is 7.54. The van der Waals surface area contributed by atoms with Crippen molar-refractivity contribution in [3.8, 4) is 5.75 Å². The van der Waals surface area contributed by atoms with Crippen molar-refractivity contribution in [2.24, 2.45) is 0 Å². The smallest absolute Gasteiger partial charge is 0.330 e. The molecule has 0 unspecified atom stereocenters. The van der Waals surface area contributed by atoms with Crippen LogP contribution in [0.15, 0.2) is 18.2 Å². The number of hydrogen-bond donors (Lipinski definition) is 1. The molecule has 0 fully saturated rings. The Morgan fingerprint density at radius 2 is 2.12 bits per heavy atom. The van der Waals surface area contributed by atoms with Gasteiger partial charge in [-0.25, -0.2) is 4.79 Å². The molecule has 0 aliphatic heterocycles. The van der Waals surface area contributed by atoms with Gasteiger partial charge in [-0.2, -0.15) is 0 Å². The van der Waals surface area contributed by atoms with Gasteiger partial charge in [0.05, 0.1) is 16.7 Å². The minimum atomic E-state index is -0.456. The first-order valence-corrected chi connectivity index (χ1v) is 5.33. The monoisotopic (exact) mass is 260 g/mol. The van der Waals surface area contributed by atoms with Gasteiger partial charge in [0.25, 0.3) is 0 Å². The number of phenolic OH excluding ortho intramolecular Hbond substituents is 1. The Bertz CT molecular complexity index is 427. The normalized spacial score (nSPS) is 10.7. The molecule has 16 heavy (non-hydrogen) atoms. The summed E-state index contributed by atoms with van der Waals surface area (Å²) in [6.07, 6.45) is 2.73. The van der Waals surface area contributed by atoms with E-state index in [1.807, 2.05) is 0 Å². The van der Waals surface area contributed by atoms with E-state index in [4.69, 9.17) is 27.9 Å². The van der Waals surface area contributed by atoms with Crippen LogP contribution in [-0.2, 0) is 9.53 Å². The Balaban J connectivity index is 2.89. The van der Waals surface area contributed by atoms with Gasteiger partial charge in [-0.05, 0) is 24.6 Å². The number of aromatic hydroxyl groups is 1. The molecule has 0 aliphatic carbocycles. The lowest BCUT2D eigenvalue weighted by Gasteiger charge is -2.01. The van der Waals surface area contributed by atoms with E-state index in [1.54, 1.807) is 6.92 Å². The Hall–Kier alpha value is -1.19. The van der Waals surface area contributed by atoms with E-state index in [0.29, 0.717) is 17.2 Å². The van der Waals surface area contributed by atoms with Crippen molar-refractivity contribution in [2.75, 3.05) is 6.61 Å². The fourth-order valence-corrected chi connectivity index (χ4v) is 1.42. The maximum absolute atomic E-state index is 11.0. The predicted molar refractivity (Wildman–Crippen MR) is 63.8 cm³/mol. The topological polar surface area (TPSA) is 46.5 Å². The Labute approximate surface area is 103 Å². The summed E-state index contributed by atoms with van der Waals surface area (Å²) in [5, 5.41) is 9.74. The van der Waals surface area contributed by atoms with Crippen LogP contribution in [0.5, 0.6) is 5.75 Å². The zero-order valence-electron chi connectivity index (χ0n) is 8.54. The molecule has 0 aliphatic rings. The number of esters is 1. The van der Waals surface area contributed by atoms with Crippen molar-refractivity contribution in [1.29, 1.82) is 0 Å². The van der Waals surface area contributed by atoms with E-state index in [-0.39, 0.29) is 10.8 Å². The van der Waals surface area contributed by atoms with E-state index in [2.05, 4.69) is 0 Å². The predicted octanol–water partition coefficient (Wildman–Crippen LogP) is 3.28. The van der Waals surface area contributed by atoms with Crippen LogP contribution in [0.3, 0.4) is 0 Å². The standard InChI is InChI=1S/C11H10Cl2O3/c1-2-16-11(15)4-3-7-5-9(13)10(14)6-8(7)12/h3-6,14H,2H2,1H3. The Kier molecular flexibility index (Phi) is 4.65. The summed E-state index contributed by atoms with van der Waals surface area (Å²) in [5.41, 5.74) is 0.539. The van der Waals surface area contributed by atoms with E-state index in [9.17, 15) is 9.90 Å². The van der Waals surface area contributed by atoms with Gasteiger partial charge in [0, 0.05) is 12.1 Å². The van der Waals surface area contributed by atoms with Crippen LogP contribution in [0.1, 0.15) is 12.5 Å². The lowest BCUT2D eigenvalue weighted by molar-refractivity contribution is -0.137. The molecule has 3 nitrogen and oxygen atoms in total. The zero-order valence-corrected chi connectivity index (χ0v) is 10.0. The average Bonchev–Trinajstić information content (AvgIpc) is 2.22. The summed E-state index contributed by atoms with van der Waals surface area (Å²) < 4.78 is 4.71. The number of hydrogen-bond acceptors (Lipinski definition) is 3. The van der Waals surface area contributed by atoms with Gasteiger partial charge in [0.15, 0.2) is 0 Å². The third kappa shape index (κ3) is 3.43. The van der Waals surface area contributed by atoms with E-state index < -0.39 is 5.97 Å². The van der Waals surface area contributed by atoms with Crippen LogP contribution in [-0.4, -0.2) is 17.7 Å². The van der Waals surface area contributed by atoms with E-state index in [0.717, 1.165) is 0 Å². The molecule has 1 rings (SSSR count). The highest BCUT2D eigenvalue weighted by Crippen LogP contribution is 2.30. The molecule has 0 heterocycles. The Morgan fingerprint density at radius 1 is 1.44 bits per heavy atom. The second-order valence-corrected chi connectivity index (χ2v) is 3.72. The second kappa shape index (κ2) is 5.77. The minimum absolute atomic E-state index is 0.0973. The molecule has 0 radical (unpaired) electrons. The molecule has 0 saturated heterocycles. The third-order valence-electron chi connectivity index (χ3n) is 1.75. The fraction of sp³-hybridized carbons (Fsp3) is 0.182. The average molecular weight is 261 g/mol. The minimum Gasteiger partial charge on any atom is -0.506 e. The van der Waals surface area contributed by atoms with Crippen molar-refractivity contribution in [3.63, 3.8) is 0 Å². The maximum atomic E-state index is 11.0. The van der Waals surface area contributed by atoms with E-state index in [1.165, 1.54) is 24.3 Å². The van der Waals surface area contributed by atoms with Gasteiger partial charge in [-0.3, -0.25) is 0 Å². The second-order valence-electron chi connectivity index (χ2n) is 2.91. The summed E-state index contributed by atoms with van der Waals surface area (Å²) in [6, 6.07) is 2.78. The molecular weight excluding hydrogens is 251 g/mol. The van der Waals surface area contributed by atoms with Crippen molar-refractivity contribution in [2.45, 2.75) is 6.92 Å². The Morgan fingerprint density at radius 3 is 2.75 bits per heavy atom. The molecule has 1 aromatic rings. The maximum Gasteiger partial charge on any atom is 0.330 e. The zero-order chi connectivity index (χ0) is 12.1.